The van der Waals surface area contributed by atoms with E-state index < -0.39 is 30.4 Å². The number of rotatable bonds is 5. The zero-order valence-corrected chi connectivity index (χ0v) is 12.6. The molecule has 1 fully saturated rings. The lowest BCUT2D eigenvalue weighted by Gasteiger charge is -2.12. The van der Waals surface area contributed by atoms with Gasteiger partial charge in [0.15, 0.2) is 6.61 Å². The third-order valence-corrected chi connectivity index (χ3v) is 3.19. The summed E-state index contributed by atoms with van der Waals surface area (Å²) in [6.45, 7) is 1.59. The Morgan fingerprint density at radius 1 is 1.35 bits per heavy atom. The van der Waals surface area contributed by atoms with Crippen LogP contribution >= 0.6 is 0 Å². The maximum Gasteiger partial charge on any atom is 0.325 e. The average molecular weight is 319 g/mol. The molecule has 1 saturated heterocycles. The van der Waals surface area contributed by atoms with E-state index >= 15 is 0 Å². The van der Waals surface area contributed by atoms with Gasteiger partial charge in [0.05, 0.1) is 0 Å². The zero-order valence-electron chi connectivity index (χ0n) is 12.6. The average Bonchev–Trinajstić information content (AvgIpc) is 2.96. The summed E-state index contributed by atoms with van der Waals surface area (Å²) < 4.78 is 4.75. The Kier molecular flexibility index (Phi) is 5.29. The van der Waals surface area contributed by atoms with Gasteiger partial charge in [-0.1, -0.05) is 17.7 Å². The number of hydrogen-bond donors (Lipinski definition) is 2. The van der Waals surface area contributed by atoms with Gasteiger partial charge in [-0.2, -0.15) is 0 Å². The second kappa shape index (κ2) is 7.39. The Morgan fingerprint density at radius 2 is 2.13 bits per heavy atom. The number of esters is 1. The van der Waals surface area contributed by atoms with Crippen molar-refractivity contribution in [2.45, 2.75) is 6.92 Å². The number of benzene rings is 1. The maximum atomic E-state index is 11.8. The molecule has 4 amide bonds. The fourth-order valence-electron chi connectivity index (χ4n) is 2.02. The van der Waals surface area contributed by atoms with Gasteiger partial charge in [-0.15, -0.1) is 0 Å². The van der Waals surface area contributed by atoms with Crippen LogP contribution in [0.2, 0.25) is 0 Å². The number of aryl methyl sites for hydroxylation is 1. The summed E-state index contributed by atoms with van der Waals surface area (Å²) in [7, 11) is 0. The minimum Gasteiger partial charge on any atom is -0.454 e. The van der Waals surface area contributed by atoms with Gasteiger partial charge in [0.1, 0.15) is 6.54 Å². The van der Waals surface area contributed by atoms with Gasteiger partial charge in [0, 0.05) is 18.7 Å². The van der Waals surface area contributed by atoms with E-state index in [0.717, 1.165) is 10.5 Å². The van der Waals surface area contributed by atoms with Crippen molar-refractivity contribution < 1.29 is 23.9 Å². The Hall–Kier alpha value is -2.90. The topological polar surface area (TPSA) is 105 Å². The fourth-order valence-corrected chi connectivity index (χ4v) is 2.02. The van der Waals surface area contributed by atoms with E-state index in [1.54, 1.807) is 18.2 Å². The Bertz CT molecular complexity index is 644. The summed E-state index contributed by atoms with van der Waals surface area (Å²) in [5.41, 5.74) is 1.36. The van der Waals surface area contributed by atoms with Crippen LogP contribution in [0.4, 0.5) is 4.79 Å². The Labute approximate surface area is 132 Å². The molecule has 0 unspecified atom stereocenters. The third-order valence-electron chi connectivity index (χ3n) is 3.19. The van der Waals surface area contributed by atoms with E-state index in [1.165, 1.54) is 0 Å². The SMILES string of the molecule is Cc1cccc(C(=O)NCC(=O)OCC(=O)N2CCNC2=O)c1. The minimum atomic E-state index is -0.751. The molecule has 2 N–H and O–H groups in total. The molecule has 1 aromatic carbocycles. The molecular weight excluding hydrogens is 302 g/mol. The number of ether oxygens (including phenoxy) is 1. The van der Waals surface area contributed by atoms with E-state index in [1.807, 2.05) is 13.0 Å². The van der Waals surface area contributed by atoms with Crippen molar-refractivity contribution >= 4 is 23.8 Å². The van der Waals surface area contributed by atoms with Gasteiger partial charge in [0.2, 0.25) is 0 Å². The molecule has 8 nitrogen and oxygen atoms in total. The van der Waals surface area contributed by atoms with Crippen molar-refractivity contribution in [1.82, 2.24) is 15.5 Å². The fraction of sp³-hybridized carbons (Fsp3) is 0.333. The van der Waals surface area contributed by atoms with Gasteiger partial charge in [-0.05, 0) is 19.1 Å². The molecule has 1 heterocycles. The van der Waals surface area contributed by atoms with Crippen LogP contribution in [-0.2, 0) is 14.3 Å². The van der Waals surface area contributed by atoms with Crippen molar-refractivity contribution in [3.05, 3.63) is 35.4 Å². The summed E-state index contributed by atoms with van der Waals surface area (Å²) >= 11 is 0. The molecule has 1 aromatic rings. The summed E-state index contributed by atoms with van der Waals surface area (Å²) in [6, 6.07) is 6.41. The highest BCUT2D eigenvalue weighted by molar-refractivity contribution is 5.98. The summed E-state index contributed by atoms with van der Waals surface area (Å²) in [5, 5.41) is 4.88. The molecule has 0 aromatic heterocycles. The zero-order chi connectivity index (χ0) is 16.8. The van der Waals surface area contributed by atoms with E-state index in [9.17, 15) is 19.2 Å². The van der Waals surface area contributed by atoms with Gasteiger partial charge in [-0.3, -0.25) is 19.3 Å². The van der Waals surface area contributed by atoms with Crippen molar-refractivity contribution in [2.75, 3.05) is 26.2 Å². The van der Waals surface area contributed by atoms with E-state index in [-0.39, 0.29) is 13.1 Å². The molecule has 0 aliphatic carbocycles. The number of urea groups is 1. The smallest absolute Gasteiger partial charge is 0.325 e. The number of carbonyl (C=O) groups is 4. The summed E-state index contributed by atoms with van der Waals surface area (Å²) in [5.74, 6) is -1.76. The first-order valence-electron chi connectivity index (χ1n) is 7.06. The van der Waals surface area contributed by atoms with Gasteiger partial charge in [0.25, 0.3) is 11.8 Å². The molecule has 23 heavy (non-hydrogen) atoms. The quantitative estimate of drug-likeness (QED) is 0.733. The van der Waals surface area contributed by atoms with Gasteiger partial charge in [-0.25, -0.2) is 4.79 Å². The highest BCUT2D eigenvalue weighted by Crippen LogP contribution is 2.03. The highest BCUT2D eigenvalue weighted by atomic mass is 16.5. The monoisotopic (exact) mass is 319 g/mol. The van der Waals surface area contributed by atoms with Crippen LogP contribution < -0.4 is 10.6 Å². The van der Waals surface area contributed by atoms with Crippen LogP contribution in [0.5, 0.6) is 0 Å². The second-order valence-electron chi connectivity index (χ2n) is 4.99. The first kappa shape index (κ1) is 16.5. The Morgan fingerprint density at radius 3 is 2.78 bits per heavy atom. The lowest BCUT2D eigenvalue weighted by Crippen LogP contribution is -2.38. The van der Waals surface area contributed by atoms with Crippen LogP contribution in [-0.4, -0.2) is 55.0 Å². The molecule has 0 saturated carbocycles. The molecule has 122 valence electrons. The highest BCUT2D eigenvalue weighted by Gasteiger charge is 2.26. The maximum absolute atomic E-state index is 11.8. The predicted molar refractivity (Wildman–Crippen MR) is 79.6 cm³/mol. The summed E-state index contributed by atoms with van der Waals surface area (Å²) in [6.07, 6.45) is 0. The Balaban J connectivity index is 1.73. The largest absolute Gasteiger partial charge is 0.454 e. The molecule has 1 aliphatic rings. The van der Waals surface area contributed by atoms with Crippen LogP contribution in [0.25, 0.3) is 0 Å². The molecule has 8 heteroatoms. The lowest BCUT2D eigenvalue weighted by molar-refractivity contribution is -0.149. The number of hydrogen-bond acceptors (Lipinski definition) is 5. The number of imide groups is 1. The molecule has 0 radical (unpaired) electrons. The van der Waals surface area contributed by atoms with Crippen LogP contribution in [0.15, 0.2) is 24.3 Å². The van der Waals surface area contributed by atoms with Crippen LogP contribution in [0.3, 0.4) is 0 Å². The van der Waals surface area contributed by atoms with E-state index in [4.69, 9.17) is 4.74 Å². The van der Waals surface area contributed by atoms with Crippen LogP contribution in [0, 0.1) is 6.92 Å². The van der Waals surface area contributed by atoms with E-state index in [0.29, 0.717) is 12.1 Å². The predicted octanol–water partition coefficient (Wildman–Crippen LogP) is -0.180. The van der Waals surface area contributed by atoms with Crippen LogP contribution in [0.1, 0.15) is 15.9 Å². The lowest BCUT2D eigenvalue weighted by atomic mass is 10.1. The van der Waals surface area contributed by atoms with Gasteiger partial charge >= 0.3 is 12.0 Å². The minimum absolute atomic E-state index is 0.249. The molecule has 1 aliphatic heterocycles. The number of nitrogens with zero attached hydrogens (tertiary/aromatic N) is 1. The van der Waals surface area contributed by atoms with Gasteiger partial charge < -0.3 is 15.4 Å². The van der Waals surface area contributed by atoms with Crippen molar-refractivity contribution in [1.29, 1.82) is 0 Å². The first-order valence-corrected chi connectivity index (χ1v) is 7.06. The summed E-state index contributed by atoms with van der Waals surface area (Å²) in [4.78, 5) is 47.3. The molecule has 0 atom stereocenters. The second-order valence-corrected chi connectivity index (χ2v) is 4.99. The molecule has 0 bridgehead atoms. The molecular formula is C15H17N3O5. The third kappa shape index (κ3) is 4.53. The molecule has 0 spiro atoms. The number of nitrogens with one attached hydrogen (secondary N) is 2. The van der Waals surface area contributed by atoms with E-state index in [2.05, 4.69) is 10.6 Å². The molecule has 2 rings (SSSR count). The van der Waals surface area contributed by atoms with Crippen molar-refractivity contribution in [3.63, 3.8) is 0 Å². The standard InChI is InChI=1S/C15H17N3O5/c1-10-3-2-4-11(7-10)14(21)17-8-13(20)23-9-12(19)18-6-5-16-15(18)22/h2-4,7H,5-6,8-9H2,1H3,(H,16,22)(H,17,21). The van der Waals surface area contributed by atoms with Crippen molar-refractivity contribution in [2.24, 2.45) is 0 Å². The number of carbonyl (C=O) groups excluding carboxylic acids is 4. The normalized spacial score (nSPS) is 13.4. The first-order chi connectivity index (χ1) is 11.0. The van der Waals surface area contributed by atoms with Crippen molar-refractivity contribution in [3.8, 4) is 0 Å². The number of amides is 4.